The molecule has 5 nitrogen and oxygen atoms in total. The molecule has 5 heteroatoms. The van der Waals surface area contributed by atoms with E-state index in [0.717, 1.165) is 28.2 Å². The van der Waals surface area contributed by atoms with Crippen LogP contribution in [0, 0.1) is 0 Å². The third-order valence-electron chi connectivity index (χ3n) is 3.33. The molecular weight excluding hydrogens is 282 g/mol. The molecular formula is C17H17NO4. The molecule has 114 valence electrons. The molecule has 0 radical (unpaired) electrons. The van der Waals surface area contributed by atoms with Crippen molar-refractivity contribution >= 4 is 5.70 Å². The van der Waals surface area contributed by atoms with Crippen LogP contribution in [-0.4, -0.2) is 25.1 Å². The predicted octanol–water partition coefficient (Wildman–Crippen LogP) is 2.57. The van der Waals surface area contributed by atoms with Gasteiger partial charge in [-0.25, -0.2) is 0 Å². The summed E-state index contributed by atoms with van der Waals surface area (Å²) in [6.07, 6.45) is 0. The fraction of sp³-hybridized carbons (Fsp3) is 0.176. The summed E-state index contributed by atoms with van der Waals surface area (Å²) in [6, 6.07) is 13.8. The number of hydrogen-bond donors (Lipinski definition) is 2. The lowest BCUT2D eigenvalue weighted by molar-refractivity contribution is 0.0481. The molecule has 2 aromatic carbocycles. The number of aliphatic hydroxyl groups is 1. The van der Waals surface area contributed by atoms with Crippen molar-refractivity contribution in [3.63, 3.8) is 0 Å². The average Bonchev–Trinajstić information content (AvgIpc) is 3.02. The number of ether oxygens (including phenoxy) is 2. The van der Waals surface area contributed by atoms with E-state index in [-0.39, 0.29) is 20.0 Å². The molecule has 1 aliphatic rings. The van der Waals surface area contributed by atoms with Crippen LogP contribution < -0.4 is 15.0 Å². The molecule has 0 saturated carbocycles. The van der Waals surface area contributed by atoms with Gasteiger partial charge < -0.3 is 14.6 Å². The van der Waals surface area contributed by atoms with Gasteiger partial charge in [-0.2, -0.15) is 0 Å². The number of hydrogen-bond acceptors (Lipinski definition) is 5. The maximum Gasteiger partial charge on any atom is 0.231 e. The van der Waals surface area contributed by atoms with E-state index in [1.165, 1.54) is 0 Å². The van der Waals surface area contributed by atoms with Crippen LogP contribution in [-0.2, 0) is 4.84 Å². The van der Waals surface area contributed by atoms with Crippen molar-refractivity contribution in [2.75, 3.05) is 20.0 Å². The molecule has 2 N–H and O–H groups in total. The molecule has 0 saturated heterocycles. The Morgan fingerprint density at radius 1 is 1.09 bits per heavy atom. The first-order valence-corrected chi connectivity index (χ1v) is 6.96. The highest BCUT2D eigenvalue weighted by Crippen LogP contribution is 2.35. The summed E-state index contributed by atoms with van der Waals surface area (Å²) in [5.74, 6) is 1.55. The molecule has 0 fully saturated rings. The monoisotopic (exact) mass is 299 g/mol. The summed E-state index contributed by atoms with van der Waals surface area (Å²) >= 11 is 0. The quantitative estimate of drug-likeness (QED) is 0.634. The van der Waals surface area contributed by atoms with E-state index >= 15 is 0 Å². The summed E-state index contributed by atoms with van der Waals surface area (Å²) in [5, 5.41) is 8.67. The van der Waals surface area contributed by atoms with Gasteiger partial charge in [-0.15, -0.1) is 0 Å². The Morgan fingerprint density at radius 2 is 1.82 bits per heavy atom. The standard InChI is InChI=1S/C17H17NO4/c1-12(18-22-9-8-19)13-2-4-14(5-3-13)15-6-7-16-17(10-15)21-11-20-16/h2-7,10,18-19H,1,8-9,11H2. The van der Waals surface area contributed by atoms with E-state index in [1.54, 1.807) is 0 Å². The van der Waals surface area contributed by atoms with Crippen LogP contribution in [0.5, 0.6) is 11.5 Å². The van der Waals surface area contributed by atoms with Crippen LogP contribution in [0.15, 0.2) is 49.0 Å². The fourth-order valence-electron chi connectivity index (χ4n) is 2.18. The van der Waals surface area contributed by atoms with Gasteiger partial charge in [0.25, 0.3) is 0 Å². The van der Waals surface area contributed by atoms with E-state index in [2.05, 4.69) is 12.1 Å². The minimum absolute atomic E-state index is 0.0384. The molecule has 0 bridgehead atoms. The van der Waals surface area contributed by atoms with E-state index < -0.39 is 0 Å². The third-order valence-corrected chi connectivity index (χ3v) is 3.33. The van der Waals surface area contributed by atoms with E-state index in [1.807, 2.05) is 42.5 Å². The second-order valence-electron chi connectivity index (χ2n) is 4.80. The minimum Gasteiger partial charge on any atom is -0.454 e. The van der Waals surface area contributed by atoms with Gasteiger partial charge in [0.15, 0.2) is 11.5 Å². The summed E-state index contributed by atoms with van der Waals surface area (Å²) in [7, 11) is 0. The van der Waals surface area contributed by atoms with Gasteiger partial charge in [-0.3, -0.25) is 10.3 Å². The molecule has 0 amide bonds. The molecule has 0 spiro atoms. The first kappa shape index (κ1) is 14.4. The second kappa shape index (κ2) is 6.51. The summed E-state index contributed by atoms with van der Waals surface area (Å²) in [5.41, 5.74) is 6.40. The van der Waals surface area contributed by atoms with E-state index in [9.17, 15) is 0 Å². The largest absolute Gasteiger partial charge is 0.454 e. The van der Waals surface area contributed by atoms with Crippen molar-refractivity contribution in [2.24, 2.45) is 0 Å². The van der Waals surface area contributed by atoms with Gasteiger partial charge in [0, 0.05) is 0 Å². The Labute approximate surface area is 128 Å². The smallest absolute Gasteiger partial charge is 0.231 e. The van der Waals surface area contributed by atoms with Crippen molar-refractivity contribution in [1.29, 1.82) is 0 Å². The maximum atomic E-state index is 8.67. The van der Waals surface area contributed by atoms with Crippen molar-refractivity contribution in [2.45, 2.75) is 0 Å². The van der Waals surface area contributed by atoms with Crippen LogP contribution in [0.25, 0.3) is 16.8 Å². The van der Waals surface area contributed by atoms with Gasteiger partial charge in [0.1, 0.15) is 0 Å². The highest BCUT2D eigenvalue weighted by atomic mass is 16.7. The predicted molar refractivity (Wildman–Crippen MR) is 83.2 cm³/mol. The number of fused-ring (bicyclic) bond motifs is 1. The van der Waals surface area contributed by atoms with Crippen molar-refractivity contribution in [3.05, 3.63) is 54.6 Å². The summed E-state index contributed by atoms with van der Waals surface area (Å²) in [6.45, 7) is 4.35. The zero-order valence-electron chi connectivity index (χ0n) is 12.0. The van der Waals surface area contributed by atoms with E-state index in [0.29, 0.717) is 5.70 Å². The molecule has 0 atom stereocenters. The Hall–Kier alpha value is -2.50. The Kier molecular flexibility index (Phi) is 4.27. The molecule has 0 unspecified atom stereocenters. The zero-order valence-corrected chi connectivity index (χ0v) is 12.0. The molecule has 1 heterocycles. The van der Waals surface area contributed by atoms with Gasteiger partial charge >= 0.3 is 0 Å². The summed E-state index contributed by atoms with van der Waals surface area (Å²) < 4.78 is 10.7. The molecule has 1 aliphatic heterocycles. The highest BCUT2D eigenvalue weighted by molar-refractivity contribution is 5.70. The number of nitrogens with one attached hydrogen (secondary N) is 1. The van der Waals surface area contributed by atoms with E-state index in [4.69, 9.17) is 19.4 Å². The number of aliphatic hydroxyl groups excluding tert-OH is 1. The lowest BCUT2D eigenvalue weighted by Crippen LogP contribution is -2.14. The summed E-state index contributed by atoms with van der Waals surface area (Å²) in [4.78, 5) is 5.03. The average molecular weight is 299 g/mol. The minimum atomic E-state index is -0.0384. The molecule has 0 aliphatic carbocycles. The lowest BCUT2D eigenvalue weighted by Gasteiger charge is -2.10. The van der Waals surface area contributed by atoms with Crippen LogP contribution in [0.4, 0.5) is 0 Å². The molecule has 22 heavy (non-hydrogen) atoms. The first-order valence-electron chi connectivity index (χ1n) is 6.96. The third kappa shape index (κ3) is 3.05. The number of benzene rings is 2. The van der Waals surface area contributed by atoms with Crippen molar-refractivity contribution < 1.29 is 19.4 Å². The van der Waals surface area contributed by atoms with Gasteiger partial charge in [0.2, 0.25) is 6.79 Å². The first-order chi connectivity index (χ1) is 10.8. The highest BCUT2D eigenvalue weighted by Gasteiger charge is 2.13. The Morgan fingerprint density at radius 3 is 2.59 bits per heavy atom. The molecule has 3 rings (SSSR count). The van der Waals surface area contributed by atoms with Crippen molar-refractivity contribution in [1.82, 2.24) is 5.48 Å². The number of hydroxylamine groups is 1. The lowest BCUT2D eigenvalue weighted by atomic mass is 10.0. The van der Waals surface area contributed by atoms with Gasteiger partial charge in [-0.05, 0) is 28.8 Å². The maximum absolute atomic E-state index is 8.67. The zero-order chi connectivity index (χ0) is 15.4. The van der Waals surface area contributed by atoms with Crippen LogP contribution in [0.2, 0.25) is 0 Å². The number of rotatable bonds is 6. The van der Waals surface area contributed by atoms with Crippen molar-refractivity contribution in [3.8, 4) is 22.6 Å². The normalized spacial score (nSPS) is 12.2. The Balaban J connectivity index is 1.72. The SMILES string of the molecule is C=C(NOCCO)c1ccc(-c2ccc3c(c2)OCO3)cc1. The second-order valence-corrected chi connectivity index (χ2v) is 4.80. The molecule has 0 aromatic heterocycles. The van der Waals surface area contributed by atoms with Crippen LogP contribution in [0.1, 0.15) is 5.56 Å². The van der Waals surface area contributed by atoms with Gasteiger partial charge in [0.05, 0.1) is 18.9 Å². The fourth-order valence-corrected chi connectivity index (χ4v) is 2.18. The molecule has 2 aromatic rings. The van der Waals surface area contributed by atoms with Gasteiger partial charge in [-0.1, -0.05) is 36.9 Å². The van der Waals surface area contributed by atoms with Crippen LogP contribution >= 0.6 is 0 Å². The topological polar surface area (TPSA) is 60.0 Å². The Bertz CT molecular complexity index is 667. The van der Waals surface area contributed by atoms with Crippen LogP contribution in [0.3, 0.4) is 0 Å².